The summed E-state index contributed by atoms with van der Waals surface area (Å²) in [6, 6.07) is 6.44. The Hall–Kier alpha value is -1.03. The fourth-order valence-electron chi connectivity index (χ4n) is 2.27. The van der Waals surface area contributed by atoms with Crippen LogP contribution in [0, 0.1) is 5.82 Å². The molecule has 0 radical (unpaired) electrons. The topological polar surface area (TPSA) is 20.3 Å². The van der Waals surface area contributed by atoms with Crippen molar-refractivity contribution in [1.29, 1.82) is 0 Å². The maximum atomic E-state index is 12.7. The number of likely N-dealkylation sites (tertiary alicyclic amines) is 1. The summed E-state index contributed by atoms with van der Waals surface area (Å²) >= 11 is 1.61. The summed E-state index contributed by atoms with van der Waals surface area (Å²) in [4.78, 5) is 15.1. The molecule has 1 aromatic rings. The third-order valence-corrected chi connectivity index (χ3v) is 4.37. The Morgan fingerprint density at radius 3 is 2.37 bits per heavy atom. The number of hydrogen-bond acceptors (Lipinski definition) is 2. The van der Waals surface area contributed by atoms with Crippen LogP contribution in [0.15, 0.2) is 29.2 Å². The largest absolute Gasteiger partial charge is 0.343 e. The van der Waals surface area contributed by atoms with E-state index in [1.54, 1.807) is 23.9 Å². The zero-order valence-corrected chi connectivity index (χ0v) is 11.9. The van der Waals surface area contributed by atoms with Gasteiger partial charge in [-0.15, -0.1) is 11.8 Å². The molecule has 0 saturated carbocycles. The molecule has 0 bridgehead atoms. The van der Waals surface area contributed by atoms with Gasteiger partial charge in [0, 0.05) is 30.2 Å². The monoisotopic (exact) mass is 281 g/mol. The van der Waals surface area contributed by atoms with Crippen LogP contribution >= 0.6 is 11.8 Å². The van der Waals surface area contributed by atoms with Gasteiger partial charge in [0.25, 0.3) is 0 Å². The lowest BCUT2D eigenvalue weighted by Crippen LogP contribution is -2.31. The molecule has 4 heteroatoms. The molecule has 2 rings (SSSR count). The molecule has 1 aliphatic heterocycles. The Kier molecular flexibility index (Phi) is 5.70. The van der Waals surface area contributed by atoms with Crippen LogP contribution in [0.1, 0.15) is 32.1 Å². The molecule has 1 heterocycles. The van der Waals surface area contributed by atoms with E-state index in [0.29, 0.717) is 6.42 Å². The van der Waals surface area contributed by atoms with Crippen LogP contribution in [0.4, 0.5) is 4.39 Å². The van der Waals surface area contributed by atoms with E-state index < -0.39 is 0 Å². The minimum absolute atomic E-state index is 0.218. The molecule has 1 aromatic carbocycles. The van der Waals surface area contributed by atoms with Gasteiger partial charge >= 0.3 is 0 Å². The van der Waals surface area contributed by atoms with Gasteiger partial charge in [0.1, 0.15) is 5.82 Å². The number of thioether (sulfide) groups is 1. The maximum absolute atomic E-state index is 12.7. The molecule has 0 aliphatic carbocycles. The molecule has 104 valence electrons. The van der Waals surface area contributed by atoms with Gasteiger partial charge < -0.3 is 4.90 Å². The van der Waals surface area contributed by atoms with Crippen LogP contribution in [0.5, 0.6) is 0 Å². The van der Waals surface area contributed by atoms with Crippen LogP contribution in [0.25, 0.3) is 0 Å². The van der Waals surface area contributed by atoms with E-state index in [1.807, 2.05) is 4.90 Å². The first-order valence-corrected chi connectivity index (χ1v) is 7.90. The van der Waals surface area contributed by atoms with Crippen LogP contribution in [0.2, 0.25) is 0 Å². The number of amides is 1. The van der Waals surface area contributed by atoms with Crippen molar-refractivity contribution in [3.8, 4) is 0 Å². The van der Waals surface area contributed by atoms with Crippen LogP contribution < -0.4 is 0 Å². The Bertz CT molecular complexity index is 399. The lowest BCUT2D eigenvalue weighted by molar-refractivity contribution is -0.130. The summed E-state index contributed by atoms with van der Waals surface area (Å²) in [5.41, 5.74) is 0. The molecule has 0 aromatic heterocycles. The highest BCUT2D eigenvalue weighted by atomic mass is 32.2. The van der Waals surface area contributed by atoms with E-state index in [0.717, 1.165) is 36.6 Å². The third kappa shape index (κ3) is 4.86. The van der Waals surface area contributed by atoms with Gasteiger partial charge in [-0.3, -0.25) is 4.79 Å². The SMILES string of the molecule is O=C(CCSc1ccc(F)cc1)N1CCCCCC1. The molecule has 0 spiro atoms. The van der Waals surface area contributed by atoms with Crippen LogP contribution in [-0.4, -0.2) is 29.6 Å². The molecule has 0 N–H and O–H groups in total. The summed E-state index contributed by atoms with van der Waals surface area (Å²) in [5, 5.41) is 0. The molecule has 1 fully saturated rings. The molecule has 1 aliphatic rings. The molecule has 1 saturated heterocycles. The van der Waals surface area contributed by atoms with Gasteiger partial charge in [-0.1, -0.05) is 12.8 Å². The van der Waals surface area contributed by atoms with Crippen molar-refractivity contribution in [1.82, 2.24) is 4.90 Å². The Morgan fingerprint density at radius 2 is 1.74 bits per heavy atom. The van der Waals surface area contributed by atoms with Crippen LogP contribution in [-0.2, 0) is 4.79 Å². The van der Waals surface area contributed by atoms with E-state index >= 15 is 0 Å². The number of carbonyl (C=O) groups excluding carboxylic acids is 1. The van der Waals surface area contributed by atoms with E-state index in [9.17, 15) is 9.18 Å². The zero-order chi connectivity index (χ0) is 13.5. The predicted octanol–water partition coefficient (Wildman–Crippen LogP) is 3.71. The minimum Gasteiger partial charge on any atom is -0.343 e. The van der Waals surface area contributed by atoms with Gasteiger partial charge in [-0.05, 0) is 37.1 Å². The molecular weight excluding hydrogens is 261 g/mol. The Morgan fingerprint density at radius 1 is 1.11 bits per heavy atom. The smallest absolute Gasteiger partial charge is 0.223 e. The van der Waals surface area contributed by atoms with Gasteiger partial charge in [0.15, 0.2) is 0 Å². The fourth-order valence-corrected chi connectivity index (χ4v) is 3.11. The van der Waals surface area contributed by atoms with Gasteiger partial charge in [-0.2, -0.15) is 0 Å². The summed E-state index contributed by atoms with van der Waals surface area (Å²) in [6.07, 6.45) is 5.33. The average molecular weight is 281 g/mol. The molecule has 0 unspecified atom stereocenters. The van der Waals surface area contributed by atoms with Crippen molar-refractivity contribution in [2.75, 3.05) is 18.8 Å². The van der Waals surface area contributed by atoms with E-state index in [2.05, 4.69) is 0 Å². The number of rotatable bonds is 4. The molecule has 2 nitrogen and oxygen atoms in total. The second-order valence-corrected chi connectivity index (χ2v) is 6.02. The van der Waals surface area contributed by atoms with Gasteiger partial charge in [0.2, 0.25) is 5.91 Å². The minimum atomic E-state index is -0.218. The van der Waals surface area contributed by atoms with Crippen molar-refractivity contribution >= 4 is 17.7 Å². The number of hydrogen-bond donors (Lipinski definition) is 0. The van der Waals surface area contributed by atoms with Gasteiger partial charge in [-0.25, -0.2) is 4.39 Å². The summed E-state index contributed by atoms with van der Waals surface area (Å²) in [7, 11) is 0. The quantitative estimate of drug-likeness (QED) is 0.784. The van der Waals surface area contributed by atoms with E-state index in [4.69, 9.17) is 0 Å². The lowest BCUT2D eigenvalue weighted by Gasteiger charge is -2.20. The van der Waals surface area contributed by atoms with Crippen molar-refractivity contribution in [2.45, 2.75) is 37.0 Å². The lowest BCUT2D eigenvalue weighted by atomic mass is 10.2. The summed E-state index contributed by atoms with van der Waals surface area (Å²) < 4.78 is 12.7. The zero-order valence-electron chi connectivity index (χ0n) is 11.1. The van der Waals surface area contributed by atoms with Crippen molar-refractivity contribution in [3.05, 3.63) is 30.1 Å². The fraction of sp³-hybridized carbons (Fsp3) is 0.533. The number of nitrogens with zero attached hydrogens (tertiary/aromatic N) is 1. The van der Waals surface area contributed by atoms with Gasteiger partial charge in [0.05, 0.1) is 0 Å². The summed E-state index contributed by atoms with van der Waals surface area (Å²) in [5.74, 6) is 0.808. The Balaban J connectivity index is 1.72. The number of benzene rings is 1. The first kappa shape index (κ1) is 14.4. The molecular formula is C15H20FNOS. The first-order valence-electron chi connectivity index (χ1n) is 6.92. The predicted molar refractivity (Wildman–Crippen MR) is 76.8 cm³/mol. The van der Waals surface area contributed by atoms with Crippen molar-refractivity contribution < 1.29 is 9.18 Å². The normalized spacial score (nSPS) is 16.2. The standard InChI is InChI=1S/C15H20FNOS/c16-13-5-7-14(8-6-13)19-12-9-15(18)17-10-3-1-2-4-11-17/h5-8H,1-4,9-12H2. The van der Waals surface area contributed by atoms with Crippen molar-refractivity contribution in [3.63, 3.8) is 0 Å². The third-order valence-electron chi connectivity index (χ3n) is 3.36. The molecule has 1 amide bonds. The first-order chi connectivity index (χ1) is 9.25. The highest BCUT2D eigenvalue weighted by Gasteiger charge is 2.14. The highest BCUT2D eigenvalue weighted by Crippen LogP contribution is 2.19. The molecule has 19 heavy (non-hydrogen) atoms. The number of halogens is 1. The Labute approximate surface area is 118 Å². The van der Waals surface area contributed by atoms with Crippen molar-refractivity contribution in [2.24, 2.45) is 0 Å². The highest BCUT2D eigenvalue weighted by molar-refractivity contribution is 7.99. The number of carbonyl (C=O) groups is 1. The van der Waals surface area contributed by atoms with E-state index in [-0.39, 0.29) is 11.7 Å². The van der Waals surface area contributed by atoms with E-state index in [1.165, 1.54) is 25.0 Å². The molecule has 0 atom stereocenters. The second-order valence-electron chi connectivity index (χ2n) is 4.85. The second kappa shape index (κ2) is 7.53. The van der Waals surface area contributed by atoms with Crippen LogP contribution in [0.3, 0.4) is 0 Å². The maximum Gasteiger partial charge on any atom is 0.223 e. The summed E-state index contributed by atoms with van der Waals surface area (Å²) in [6.45, 7) is 1.83. The average Bonchev–Trinajstić information content (AvgIpc) is 2.70.